The Bertz CT molecular complexity index is 769. The number of rotatable bonds is 10. The molecule has 0 spiro atoms. The van der Waals surface area contributed by atoms with Crippen molar-refractivity contribution < 1.29 is 14.3 Å². The quantitative estimate of drug-likeness (QED) is 0.610. The second-order valence-corrected chi connectivity index (χ2v) is 7.43. The summed E-state index contributed by atoms with van der Waals surface area (Å²) in [4.78, 5) is 23.2. The summed E-state index contributed by atoms with van der Waals surface area (Å²) in [5.74, 6) is 1.89. The van der Waals surface area contributed by atoms with Gasteiger partial charge in [0.1, 0.15) is 12.9 Å². The number of halogens is 1. The Kier molecular flexibility index (Phi) is 7.42. The van der Waals surface area contributed by atoms with Gasteiger partial charge in [-0.25, -0.2) is 9.97 Å². The van der Waals surface area contributed by atoms with Crippen molar-refractivity contribution in [2.24, 2.45) is 11.8 Å². The zero-order chi connectivity index (χ0) is 19.8. The lowest BCUT2D eigenvalue weighted by Gasteiger charge is -2.35. The molecule has 8 heteroatoms. The molecule has 0 saturated heterocycles. The fourth-order valence-electron chi connectivity index (χ4n) is 3.26. The molecule has 2 heterocycles. The largest absolute Gasteiger partial charge is 0.476 e. The summed E-state index contributed by atoms with van der Waals surface area (Å²) in [7, 11) is 0. The molecule has 1 N–H and O–H groups in total. The monoisotopic (exact) mass is 404 g/mol. The fourth-order valence-corrected chi connectivity index (χ4v) is 3.47. The maximum atomic E-state index is 10.8. The number of amides is 1. The van der Waals surface area contributed by atoms with Crippen molar-refractivity contribution >= 4 is 17.5 Å². The highest BCUT2D eigenvalue weighted by Gasteiger charge is 2.29. The van der Waals surface area contributed by atoms with E-state index in [1.54, 1.807) is 13.1 Å². The van der Waals surface area contributed by atoms with Crippen LogP contribution in [0.4, 0.5) is 0 Å². The van der Waals surface area contributed by atoms with Gasteiger partial charge in [-0.3, -0.25) is 9.78 Å². The van der Waals surface area contributed by atoms with E-state index in [0.29, 0.717) is 30.2 Å². The number of carbonyl (C=O) groups excluding carboxylic acids is 1. The molecule has 3 rings (SSSR count). The van der Waals surface area contributed by atoms with E-state index in [2.05, 4.69) is 20.3 Å². The van der Waals surface area contributed by atoms with Crippen LogP contribution in [0, 0.1) is 11.8 Å². The number of aromatic nitrogens is 3. The Hall–Kier alpha value is -2.41. The zero-order valence-corrected chi connectivity index (χ0v) is 16.7. The Morgan fingerprint density at radius 2 is 1.96 bits per heavy atom. The highest BCUT2D eigenvalue weighted by atomic mass is 35.5. The van der Waals surface area contributed by atoms with Crippen LogP contribution < -0.4 is 14.8 Å². The molecule has 7 nitrogen and oxygen atoms in total. The summed E-state index contributed by atoms with van der Waals surface area (Å²) in [6, 6.07) is 5.62. The van der Waals surface area contributed by atoms with Crippen molar-refractivity contribution in [2.75, 3.05) is 13.2 Å². The van der Waals surface area contributed by atoms with Crippen LogP contribution in [0.15, 0.2) is 30.7 Å². The van der Waals surface area contributed by atoms with E-state index in [0.717, 1.165) is 37.9 Å². The van der Waals surface area contributed by atoms with Crippen molar-refractivity contribution in [1.82, 2.24) is 20.3 Å². The highest BCUT2D eigenvalue weighted by molar-refractivity contribution is 6.33. The SMILES string of the molecule is CC(=O)NCCCC1CC(COc2ncnc(OCc3ccccn3)c2Cl)C1. The minimum absolute atomic E-state index is 0.0324. The number of hydrogen-bond donors (Lipinski definition) is 1. The highest BCUT2D eigenvalue weighted by Crippen LogP contribution is 2.38. The Morgan fingerprint density at radius 1 is 1.18 bits per heavy atom. The first kappa shape index (κ1) is 20.3. The van der Waals surface area contributed by atoms with Crippen LogP contribution >= 0.6 is 11.6 Å². The molecule has 1 saturated carbocycles. The molecule has 28 heavy (non-hydrogen) atoms. The molecule has 150 valence electrons. The minimum Gasteiger partial charge on any atom is -0.476 e. The number of hydrogen-bond acceptors (Lipinski definition) is 6. The van der Waals surface area contributed by atoms with E-state index >= 15 is 0 Å². The van der Waals surface area contributed by atoms with E-state index in [9.17, 15) is 4.79 Å². The fraction of sp³-hybridized carbons (Fsp3) is 0.500. The second kappa shape index (κ2) is 10.2. The maximum Gasteiger partial charge on any atom is 0.240 e. The Morgan fingerprint density at radius 3 is 2.68 bits per heavy atom. The third-order valence-corrected chi connectivity index (χ3v) is 5.08. The number of nitrogens with zero attached hydrogens (tertiary/aromatic N) is 3. The van der Waals surface area contributed by atoms with Gasteiger partial charge in [0, 0.05) is 19.7 Å². The lowest BCUT2D eigenvalue weighted by molar-refractivity contribution is -0.118. The average Bonchev–Trinajstić information content (AvgIpc) is 2.66. The third-order valence-electron chi connectivity index (χ3n) is 4.76. The standard InChI is InChI=1S/C20H25ClN4O3/c1-14(26)22-8-4-5-15-9-16(10-15)11-27-19-18(21)20(25-13-24-19)28-12-17-6-2-3-7-23-17/h2-3,6-7,13,15-16H,4-5,8-12H2,1H3,(H,22,26). The van der Waals surface area contributed by atoms with E-state index in [1.807, 2.05) is 18.2 Å². The molecule has 0 atom stereocenters. The summed E-state index contributed by atoms with van der Waals surface area (Å²) in [6.45, 7) is 3.16. The summed E-state index contributed by atoms with van der Waals surface area (Å²) >= 11 is 6.33. The van der Waals surface area contributed by atoms with Gasteiger partial charge in [0.05, 0.1) is 12.3 Å². The van der Waals surface area contributed by atoms with E-state index in [-0.39, 0.29) is 17.5 Å². The number of carbonyl (C=O) groups is 1. The van der Waals surface area contributed by atoms with Gasteiger partial charge in [-0.05, 0) is 49.7 Å². The van der Waals surface area contributed by atoms with Gasteiger partial charge in [-0.15, -0.1) is 0 Å². The predicted octanol–water partition coefficient (Wildman–Crippen LogP) is 3.43. The van der Waals surface area contributed by atoms with Gasteiger partial charge in [0.15, 0.2) is 5.02 Å². The normalized spacial score (nSPS) is 18.2. The lowest BCUT2D eigenvalue weighted by Crippen LogP contribution is -2.30. The van der Waals surface area contributed by atoms with E-state index < -0.39 is 0 Å². The predicted molar refractivity (Wildman–Crippen MR) is 105 cm³/mol. The number of ether oxygens (including phenoxy) is 2. The van der Waals surface area contributed by atoms with Crippen molar-refractivity contribution in [3.63, 3.8) is 0 Å². The van der Waals surface area contributed by atoms with Crippen LogP contribution in [-0.4, -0.2) is 34.0 Å². The molecule has 0 radical (unpaired) electrons. The van der Waals surface area contributed by atoms with Crippen molar-refractivity contribution in [3.05, 3.63) is 41.4 Å². The molecular formula is C20H25ClN4O3. The van der Waals surface area contributed by atoms with Crippen LogP contribution in [-0.2, 0) is 11.4 Å². The molecule has 1 aliphatic carbocycles. The molecule has 0 aliphatic heterocycles. The van der Waals surface area contributed by atoms with E-state index in [1.165, 1.54) is 6.33 Å². The molecule has 1 amide bonds. The minimum atomic E-state index is 0.0324. The smallest absolute Gasteiger partial charge is 0.240 e. The van der Waals surface area contributed by atoms with Crippen molar-refractivity contribution in [1.29, 1.82) is 0 Å². The molecule has 0 aromatic carbocycles. The molecular weight excluding hydrogens is 380 g/mol. The average molecular weight is 405 g/mol. The summed E-state index contributed by atoms with van der Waals surface area (Å²) in [6.07, 6.45) is 7.52. The zero-order valence-electron chi connectivity index (χ0n) is 15.9. The van der Waals surface area contributed by atoms with Crippen molar-refractivity contribution in [3.8, 4) is 11.8 Å². The lowest BCUT2D eigenvalue weighted by atomic mass is 9.73. The van der Waals surface area contributed by atoms with Gasteiger partial charge in [0.2, 0.25) is 17.7 Å². The first-order valence-electron chi connectivity index (χ1n) is 9.52. The molecule has 2 aromatic rings. The number of pyridine rings is 1. The molecule has 2 aromatic heterocycles. The van der Waals surface area contributed by atoms with Crippen LogP contribution in [0.1, 0.15) is 38.3 Å². The number of nitrogens with one attached hydrogen (secondary N) is 1. The topological polar surface area (TPSA) is 86.2 Å². The van der Waals surface area contributed by atoms with Crippen molar-refractivity contribution in [2.45, 2.75) is 39.2 Å². The third kappa shape index (κ3) is 6.05. The van der Waals surface area contributed by atoms with Gasteiger partial charge >= 0.3 is 0 Å². The summed E-state index contributed by atoms with van der Waals surface area (Å²) < 4.78 is 11.4. The molecule has 0 unspecified atom stereocenters. The van der Waals surface area contributed by atoms with Crippen LogP contribution in [0.25, 0.3) is 0 Å². The molecule has 1 aliphatic rings. The van der Waals surface area contributed by atoms with Gasteiger partial charge < -0.3 is 14.8 Å². The molecule has 1 fully saturated rings. The summed E-state index contributed by atoms with van der Waals surface area (Å²) in [5, 5.41) is 3.11. The maximum absolute atomic E-state index is 10.8. The van der Waals surface area contributed by atoms with Gasteiger partial charge in [-0.2, -0.15) is 0 Å². The Balaban J connectivity index is 1.39. The van der Waals surface area contributed by atoms with Gasteiger partial charge in [0.25, 0.3) is 0 Å². The molecule has 0 bridgehead atoms. The second-order valence-electron chi connectivity index (χ2n) is 7.05. The first-order chi connectivity index (χ1) is 13.6. The first-order valence-corrected chi connectivity index (χ1v) is 9.90. The van der Waals surface area contributed by atoms with Crippen LogP contribution in [0.3, 0.4) is 0 Å². The Labute approximate surface area is 169 Å². The van der Waals surface area contributed by atoms with Crippen LogP contribution in [0.5, 0.6) is 11.8 Å². The summed E-state index contributed by atoms with van der Waals surface area (Å²) in [5.41, 5.74) is 0.790. The van der Waals surface area contributed by atoms with E-state index in [4.69, 9.17) is 21.1 Å². The van der Waals surface area contributed by atoms with Gasteiger partial charge in [-0.1, -0.05) is 17.7 Å². The van der Waals surface area contributed by atoms with Crippen LogP contribution in [0.2, 0.25) is 5.02 Å².